The predicted molar refractivity (Wildman–Crippen MR) is 83.1 cm³/mol. The second-order valence-corrected chi connectivity index (χ2v) is 8.16. The Hall–Kier alpha value is -1.07. The summed E-state index contributed by atoms with van der Waals surface area (Å²) >= 11 is 1.77. The molecule has 2 aromatic rings. The van der Waals surface area contributed by atoms with Gasteiger partial charge in [-0.3, -0.25) is 0 Å². The molecule has 108 valence electrons. The Morgan fingerprint density at radius 1 is 1.15 bits per heavy atom. The van der Waals surface area contributed by atoms with Gasteiger partial charge in [0, 0.05) is 9.58 Å². The first kappa shape index (κ1) is 13.9. The van der Waals surface area contributed by atoms with Gasteiger partial charge in [-0.2, -0.15) is 8.42 Å². The van der Waals surface area contributed by atoms with Crippen molar-refractivity contribution in [3.63, 3.8) is 0 Å². The van der Waals surface area contributed by atoms with Gasteiger partial charge in [0.25, 0.3) is 0 Å². The third kappa shape index (κ3) is 3.15. The monoisotopic (exact) mass is 310 g/mol. The van der Waals surface area contributed by atoms with Crippen LogP contribution in [0.1, 0.15) is 42.9 Å². The lowest BCUT2D eigenvalue weighted by atomic mass is 9.88. The van der Waals surface area contributed by atoms with E-state index in [1.54, 1.807) is 17.4 Å². The molecule has 0 N–H and O–H groups in total. The highest BCUT2D eigenvalue weighted by molar-refractivity contribution is 7.86. The zero-order chi connectivity index (χ0) is 14.2. The molecule has 0 spiro atoms. The van der Waals surface area contributed by atoms with Crippen LogP contribution in [0.25, 0.3) is 10.1 Å². The molecule has 1 fully saturated rings. The normalized spacial score (nSPS) is 17.4. The fraction of sp³-hybridized carbons (Fsp3) is 0.467. The lowest BCUT2D eigenvalue weighted by Crippen LogP contribution is -2.05. The standard InChI is InChI=1S/C15H18O3S2/c1-20(16,17)18-13-8-7-12-9-14(19-15(12)10-13)11-5-3-2-4-6-11/h7-11H,2-6H2,1H3. The Morgan fingerprint density at radius 3 is 2.60 bits per heavy atom. The molecule has 1 aromatic heterocycles. The van der Waals surface area contributed by atoms with Gasteiger partial charge in [0.1, 0.15) is 5.75 Å². The van der Waals surface area contributed by atoms with Crippen LogP contribution >= 0.6 is 11.3 Å². The fourth-order valence-corrected chi connectivity index (χ4v) is 4.56. The van der Waals surface area contributed by atoms with Crippen LogP contribution in [0, 0.1) is 0 Å². The minimum absolute atomic E-state index is 0.400. The molecule has 0 amide bonds. The van der Waals surface area contributed by atoms with Gasteiger partial charge in [-0.15, -0.1) is 11.3 Å². The van der Waals surface area contributed by atoms with Crippen molar-refractivity contribution in [3.8, 4) is 5.75 Å². The van der Waals surface area contributed by atoms with E-state index in [0.717, 1.165) is 11.0 Å². The van der Waals surface area contributed by atoms with E-state index >= 15 is 0 Å². The van der Waals surface area contributed by atoms with E-state index in [1.807, 2.05) is 12.1 Å². The van der Waals surface area contributed by atoms with Crippen LogP contribution < -0.4 is 4.18 Å². The van der Waals surface area contributed by atoms with Crippen molar-refractivity contribution in [2.45, 2.75) is 38.0 Å². The third-order valence-electron chi connectivity index (χ3n) is 3.77. The second-order valence-electron chi connectivity index (χ2n) is 5.47. The maximum absolute atomic E-state index is 11.2. The highest BCUT2D eigenvalue weighted by Crippen LogP contribution is 2.39. The molecule has 1 aliphatic carbocycles. The van der Waals surface area contributed by atoms with Gasteiger partial charge in [0.15, 0.2) is 0 Å². The molecule has 1 saturated carbocycles. The molecule has 0 aliphatic heterocycles. The highest BCUT2D eigenvalue weighted by Gasteiger charge is 2.18. The van der Waals surface area contributed by atoms with Gasteiger partial charge >= 0.3 is 10.1 Å². The van der Waals surface area contributed by atoms with E-state index in [2.05, 4.69) is 6.07 Å². The number of benzene rings is 1. The van der Waals surface area contributed by atoms with Crippen molar-refractivity contribution in [3.05, 3.63) is 29.1 Å². The SMILES string of the molecule is CS(=O)(=O)Oc1ccc2cc(C3CCCCC3)sc2c1. The summed E-state index contributed by atoms with van der Waals surface area (Å²) in [7, 11) is -3.45. The molecule has 1 aliphatic rings. The van der Waals surface area contributed by atoms with Crippen LogP contribution in [0.5, 0.6) is 5.75 Å². The maximum atomic E-state index is 11.2. The first-order valence-corrected chi connectivity index (χ1v) is 9.57. The lowest BCUT2D eigenvalue weighted by Gasteiger charge is -2.19. The van der Waals surface area contributed by atoms with E-state index in [1.165, 1.54) is 42.4 Å². The molecule has 3 rings (SSSR count). The zero-order valence-electron chi connectivity index (χ0n) is 11.5. The molecule has 20 heavy (non-hydrogen) atoms. The first-order valence-electron chi connectivity index (χ1n) is 6.94. The van der Waals surface area contributed by atoms with Gasteiger partial charge in [-0.05, 0) is 48.4 Å². The van der Waals surface area contributed by atoms with E-state index < -0.39 is 10.1 Å². The Labute approximate surface area is 123 Å². The van der Waals surface area contributed by atoms with Crippen molar-refractivity contribution in [2.24, 2.45) is 0 Å². The van der Waals surface area contributed by atoms with Gasteiger partial charge in [0.2, 0.25) is 0 Å². The average molecular weight is 310 g/mol. The Kier molecular flexibility index (Phi) is 3.73. The average Bonchev–Trinajstić information content (AvgIpc) is 2.81. The molecule has 0 radical (unpaired) electrons. The molecular weight excluding hydrogens is 292 g/mol. The lowest BCUT2D eigenvalue weighted by molar-refractivity contribution is 0.448. The number of fused-ring (bicyclic) bond motifs is 1. The second kappa shape index (κ2) is 5.37. The molecule has 3 nitrogen and oxygen atoms in total. The molecule has 5 heteroatoms. The molecule has 0 unspecified atom stereocenters. The number of hydrogen-bond acceptors (Lipinski definition) is 4. The van der Waals surface area contributed by atoms with Crippen molar-refractivity contribution in [1.82, 2.24) is 0 Å². The largest absolute Gasteiger partial charge is 0.383 e. The summed E-state index contributed by atoms with van der Waals surface area (Å²) in [6, 6.07) is 7.74. The van der Waals surface area contributed by atoms with Crippen molar-refractivity contribution >= 4 is 31.5 Å². The summed E-state index contributed by atoms with van der Waals surface area (Å²) in [6.07, 6.45) is 7.62. The summed E-state index contributed by atoms with van der Waals surface area (Å²) in [4.78, 5) is 1.43. The van der Waals surface area contributed by atoms with Crippen LogP contribution in [0.4, 0.5) is 0 Å². The number of rotatable bonds is 3. The topological polar surface area (TPSA) is 43.4 Å². The number of thiophene rings is 1. The highest BCUT2D eigenvalue weighted by atomic mass is 32.2. The Bertz CT molecular complexity index is 710. The maximum Gasteiger partial charge on any atom is 0.306 e. The minimum Gasteiger partial charge on any atom is -0.383 e. The first-order chi connectivity index (χ1) is 9.51. The van der Waals surface area contributed by atoms with E-state index in [-0.39, 0.29) is 0 Å². The van der Waals surface area contributed by atoms with Gasteiger partial charge in [0.05, 0.1) is 6.26 Å². The van der Waals surface area contributed by atoms with Gasteiger partial charge < -0.3 is 4.18 Å². The van der Waals surface area contributed by atoms with E-state index in [9.17, 15) is 8.42 Å². The smallest absolute Gasteiger partial charge is 0.306 e. The summed E-state index contributed by atoms with van der Waals surface area (Å²) in [5.41, 5.74) is 0. The third-order valence-corrected chi connectivity index (χ3v) is 5.52. The Morgan fingerprint density at radius 2 is 1.90 bits per heavy atom. The van der Waals surface area contributed by atoms with Crippen LogP contribution in [0.15, 0.2) is 24.3 Å². The molecule has 0 saturated heterocycles. The quantitative estimate of drug-likeness (QED) is 0.794. The minimum atomic E-state index is -3.45. The number of hydrogen-bond donors (Lipinski definition) is 0. The predicted octanol–water partition coefficient (Wildman–Crippen LogP) is 4.29. The molecule has 1 heterocycles. The van der Waals surface area contributed by atoms with E-state index in [0.29, 0.717) is 11.7 Å². The summed E-state index contributed by atoms with van der Waals surface area (Å²) < 4.78 is 28.4. The van der Waals surface area contributed by atoms with Crippen LogP contribution in [-0.4, -0.2) is 14.7 Å². The molecular formula is C15H18O3S2. The molecule has 0 atom stereocenters. The summed E-state index contributed by atoms with van der Waals surface area (Å²) in [6.45, 7) is 0. The fourth-order valence-electron chi connectivity index (χ4n) is 2.85. The summed E-state index contributed by atoms with van der Waals surface area (Å²) in [5, 5.41) is 1.18. The molecule has 1 aromatic carbocycles. The van der Waals surface area contributed by atoms with Crippen molar-refractivity contribution in [2.75, 3.05) is 6.26 Å². The van der Waals surface area contributed by atoms with Gasteiger partial charge in [-0.25, -0.2) is 0 Å². The molecule has 0 bridgehead atoms. The van der Waals surface area contributed by atoms with Gasteiger partial charge in [-0.1, -0.05) is 19.3 Å². The van der Waals surface area contributed by atoms with Crippen LogP contribution in [0.3, 0.4) is 0 Å². The Balaban J connectivity index is 1.90. The van der Waals surface area contributed by atoms with Crippen LogP contribution in [-0.2, 0) is 10.1 Å². The zero-order valence-corrected chi connectivity index (χ0v) is 13.1. The summed E-state index contributed by atoms with van der Waals surface area (Å²) in [5.74, 6) is 1.08. The van der Waals surface area contributed by atoms with Crippen molar-refractivity contribution < 1.29 is 12.6 Å². The van der Waals surface area contributed by atoms with Crippen LogP contribution in [0.2, 0.25) is 0 Å². The van der Waals surface area contributed by atoms with E-state index in [4.69, 9.17) is 4.18 Å². The van der Waals surface area contributed by atoms with Crippen molar-refractivity contribution in [1.29, 1.82) is 0 Å².